The Hall–Kier alpha value is -1.67. The number of halogens is 1. The molecule has 0 aliphatic carbocycles. The molecular weight excluding hydrogens is 444 g/mol. The average Bonchev–Trinajstić information content (AvgIpc) is 3.37. The SMILES string of the molecule is CC.CO.OC[C@@H]1C[C@H](O)C[C@H](c2ccc(Cl)c(Cc3ccc(O[C@@H]4CCOC4)cc3)c2)O1. The van der Waals surface area contributed by atoms with Gasteiger partial charge in [0.15, 0.2) is 0 Å². The van der Waals surface area contributed by atoms with E-state index in [0.29, 0.717) is 30.9 Å². The molecular formula is C26H37ClO6. The maximum atomic E-state index is 10.1. The Morgan fingerprint density at radius 1 is 1.06 bits per heavy atom. The number of aliphatic hydroxyl groups is 3. The van der Waals surface area contributed by atoms with Gasteiger partial charge in [0.1, 0.15) is 11.9 Å². The van der Waals surface area contributed by atoms with E-state index in [0.717, 1.165) is 42.6 Å². The molecule has 0 radical (unpaired) electrons. The number of rotatable bonds is 6. The Labute approximate surface area is 202 Å². The van der Waals surface area contributed by atoms with Crippen molar-refractivity contribution in [1.29, 1.82) is 0 Å². The summed E-state index contributed by atoms with van der Waals surface area (Å²) in [4.78, 5) is 0. The van der Waals surface area contributed by atoms with Crippen molar-refractivity contribution in [3.8, 4) is 5.75 Å². The van der Waals surface area contributed by atoms with Crippen LogP contribution in [0.15, 0.2) is 42.5 Å². The lowest BCUT2D eigenvalue weighted by Crippen LogP contribution is -2.33. The van der Waals surface area contributed by atoms with E-state index in [-0.39, 0.29) is 24.9 Å². The fourth-order valence-corrected chi connectivity index (χ4v) is 4.14. The molecule has 0 unspecified atom stereocenters. The Bertz CT molecular complexity index is 807. The van der Waals surface area contributed by atoms with E-state index >= 15 is 0 Å². The first-order valence-electron chi connectivity index (χ1n) is 11.6. The molecule has 2 heterocycles. The van der Waals surface area contributed by atoms with Gasteiger partial charge in [0.2, 0.25) is 0 Å². The largest absolute Gasteiger partial charge is 0.488 e. The van der Waals surface area contributed by atoms with Crippen LogP contribution < -0.4 is 4.74 Å². The zero-order chi connectivity index (χ0) is 24.2. The summed E-state index contributed by atoms with van der Waals surface area (Å²) in [5.74, 6) is 0.851. The standard InChI is InChI=1S/C23H27ClO5.C2H6.CH4O/c24-22-6-3-16(23-12-18(26)11-21(13-25)29-23)10-17(22)9-15-1-4-19(5-2-15)28-20-7-8-27-14-20;2*1-2/h1-6,10,18,20-21,23,25-26H,7-9,11-14H2;1-2H3;2H,1H3/t18-,20+,21-,23+;;/m0../s1. The molecule has 2 aliphatic heterocycles. The number of benzene rings is 2. The molecule has 4 atom stereocenters. The Kier molecular flexibility index (Phi) is 12.2. The molecule has 2 saturated heterocycles. The summed E-state index contributed by atoms with van der Waals surface area (Å²) in [6.07, 6.45) is 1.71. The maximum Gasteiger partial charge on any atom is 0.124 e. The minimum Gasteiger partial charge on any atom is -0.488 e. The van der Waals surface area contributed by atoms with Gasteiger partial charge in [-0.1, -0.05) is 49.7 Å². The van der Waals surface area contributed by atoms with Gasteiger partial charge in [0, 0.05) is 31.4 Å². The lowest BCUT2D eigenvalue weighted by atomic mass is 9.94. The molecule has 0 spiro atoms. The first-order valence-corrected chi connectivity index (χ1v) is 12.0. The van der Waals surface area contributed by atoms with Gasteiger partial charge in [-0.15, -0.1) is 0 Å². The van der Waals surface area contributed by atoms with E-state index in [1.165, 1.54) is 0 Å². The molecule has 2 aromatic rings. The van der Waals surface area contributed by atoms with Crippen LogP contribution in [0.3, 0.4) is 0 Å². The number of hydrogen-bond donors (Lipinski definition) is 3. The third kappa shape index (κ3) is 8.25. The van der Waals surface area contributed by atoms with Crippen molar-refractivity contribution in [1.82, 2.24) is 0 Å². The highest BCUT2D eigenvalue weighted by Gasteiger charge is 2.29. The van der Waals surface area contributed by atoms with Crippen LogP contribution in [0.4, 0.5) is 0 Å². The van der Waals surface area contributed by atoms with Gasteiger partial charge in [-0.05, 0) is 41.3 Å². The van der Waals surface area contributed by atoms with E-state index in [1.54, 1.807) is 0 Å². The predicted molar refractivity (Wildman–Crippen MR) is 130 cm³/mol. The predicted octanol–water partition coefficient (Wildman–Crippen LogP) is 4.31. The van der Waals surface area contributed by atoms with Crippen LogP contribution in [0.25, 0.3) is 0 Å². The molecule has 33 heavy (non-hydrogen) atoms. The molecule has 2 aromatic carbocycles. The van der Waals surface area contributed by atoms with Crippen LogP contribution in [-0.2, 0) is 15.9 Å². The second-order valence-corrected chi connectivity index (χ2v) is 8.24. The molecule has 0 bridgehead atoms. The molecule has 0 saturated carbocycles. The third-order valence-electron chi connectivity index (χ3n) is 5.53. The highest BCUT2D eigenvalue weighted by atomic mass is 35.5. The topological polar surface area (TPSA) is 88.4 Å². The fraction of sp³-hybridized carbons (Fsp3) is 0.538. The first-order chi connectivity index (χ1) is 16.1. The summed E-state index contributed by atoms with van der Waals surface area (Å²) >= 11 is 6.45. The van der Waals surface area contributed by atoms with Crippen LogP contribution in [0, 0.1) is 0 Å². The highest BCUT2D eigenvalue weighted by Crippen LogP contribution is 2.34. The van der Waals surface area contributed by atoms with Gasteiger partial charge in [-0.25, -0.2) is 0 Å². The van der Waals surface area contributed by atoms with Crippen molar-refractivity contribution in [3.63, 3.8) is 0 Å². The van der Waals surface area contributed by atoms with Crippen molar-refractivity contribution in [2.24, 2.45) is 0 Å². The summed E-state index contributed by atoms with van der Waals surface area (Å²) in [6.45, 7) is 5.33. The van der Waals surface area contributed by atoms with Gasteiger partial charge < -0.3 is 29.5 Å². The van der Waals surface area contributed by atoms with Crippen LogP contribution >= 0.6 is 11.6 Å². The molecule has 0 aromatic heterocycles. The third-order valence-corrected chi connectivity index (χ3v) is 5.90. The second kappa shape index (κ2) is 14.6. The fourth-order valence-electron chi connectivity index (χ4n) is 3.96. The van der Waals surface area contributed by atoms with E-state index < -0.39 is 6.10 Å². The average molecular weight is 481 g/mol. The van der Waals surface area contributed by atoms with Gasteiger partial charge in [-0.2, -0.15) is 0 Å². The highest BCUT2D eigenvalue weighted by molar-refractivity contribution is 6.31. The van der Waals surface area contributed by atoms with Crippen LogP contribution in [-0.4, -0.2) is 60.6 Å². The van der Waals surface area contributed by atoms with Gasteiger partial charge in [0.05, 0.1) is 38.1 Å². The van der Waals surface area contributed by atoms with Crippen molar-refractivity contribution >= 4 is 11.6 Å². The van der Waals surface area contributed by atoms with Crippen LogP contribution in [0.1, 0.15) is 55.9 Å². The lowest BCUT2D eigenvalue weighted by Gasteiger charge is -2.32. The Morgan fingerprint density at radius 2 is 1.79 bits per heavy atom. The van der Waals surface area contributed by atoms with Crippen LogP contribution in [0.5, 0.6) is 5.75 Å². The lowest BCUT2D eigenvalue weighted by molar-refractivity contribution is -0.113. The number of ether oxygens (including phenoxy) is 3. The summed E-state index contributed by atoms with van der Waals surface area (Å²) in [5.41, 5.74) is 3.12. The summed E-state index contributed by atoms with van der Waals surface area (Å²) in [6, 6.07) is 13.9. The summed E-state index contributed by atoms with van der Waals surface area (Å²) in [5, 5.41) is 27.2. The Morgan fingerprint density at radius 3 is 2.42 bits per heavy atom. The smallest absolute Gasteiger partial charge is 0.124 e. The van der Waals surface area contributed by atoms with Crippen molar-refractivity contribution in [2.45, 2.75) is 63.9 Å². The van der Waals surface area contributed by atoms with Crippen LogP contribution in [0.2, 0.25) is 5.02 Å². The quantitative estimate of drug-likeness (QED) is 0.571. The van der Waals surface area contributed by atoms with Crippen molar-refractivity contribution in [2.75, 3.05) is 26.9 Å². The Balaban J connectivity index is 0.000000914. The van der Waals surface area contributed by atoms with E-state index in [4.69, 9.17) is 30.9 Å². The van der Waals surface area contributed by atoms with Gasteiger partial charge in [0.25, 0.3) is 0 Å². The maximum absolute atomic E-state index is 10.1. The zero-order valence-corrected chi connectivity index (χ0v) is 20.5. The molecule has 4 rings (SSSR count). The molecule has 3 N–H and O–H groups in total. The second-order valence-electron chi connectivity index (χ2n) is 7.83. The minimum absolute atomic E-state index is 0.0879. The number of aliphatic hydroxyl groups excluding tert-OH is 3. The normalized spacial score (nSPS) is 24.2. The molecule has 0 amide bonds. The number of hydrogen-bond acceptors (Lipinski definition) is 6. The molecule has 6 nitrogen and oxygen atoms in total. The monoisotopic (exact) mass is 480 g/mol. The summed E-state index contributed by atoms with van der Waals surface area (Å²) in [7, 11) is 1.00. The zero-order valence-electron chi connectivity index (χ0n) is 19.7. The van der Waals surface area contributed by atoms with E-state index in [1.807, 2.05) is 44.2 Å². The van der Waals surface area contributed by atoms with Crippen molar-refractivity contribution in [3.05, 3.63) is 64.2 Å². The van der Waals surface area contributed by atoms with Gasteiger partial charge in [-0.3, -0.25) is 0 Å². The molecule has 184 valence electrons. The minimum atomic E-state index is -0.470. The van der Waals surface area contributed by atoms with E-state index in [2.05, 4.69) is 12.1 Å². The first kappa shape index (κ1) is 27.6. The molecule has 2 aliphatic rings. The van der Waals surface area contributed by atoms with E-state index in [9.17, 15) is 10.2 Å². The summed E-state index contributed by atoms with van der Waals surface area (Å²) < 4.78 is 17.2. The van der Waals surface area contributed by atoms with Crippen molar-refractivity contribution < 1.29 is 29.5 Å². The molecule has 2 fully saturated rings. The molecule has 7 heteroatoms. The van der Waals surface area contributed by atoms with Gasteiger partial charge >= 0.3 is 0 Å².